The second-order valence-corrected chi connectivity index (χ2v) is 7.71. The van der Waals surface area contributed by atoms with Crippen LogP contribution in [0.25, 0.3) is 6.08 Å². The first-order chi connectivity index (χ1) is 18.0. The van der Waals surface area contributed by atoms with Gasteiger partial charge in [-0.3, -0.25) is 9.59 Å². The quantitative estimate of drug-likeness (QED) is 0.183. The number of hydrogen-bond donors (Lipinski definition) is 3. The second-order valence-electron chi connectivity index (χ2n) is 7.71. The topological polar surface area (TPSA) is 149 Å². The van der Waals surface area contributed by atoms with Gasteiger partial charge in [-0.2, -0.15) is 5.10 Å². The molecule has 0 aliphatic carbocycles. The van der Waals surface area contributed by atoms with Crippen LogP contribution < -0.4 is 21.2 Å². The number of nitrogens with one attached hydrogen (secondary N) is 2. The van der Waals surface area contributed by atoms with Gasteiger partial charge in [0.2, 0.25) is 5.95 Å². The summed E-state index contributed by atoms with van der Waals surface area (Å²) in [6.07, 6.45) is 1.55. The van der Waals surface area contributed by atoms with Crippen LogP contribution in [-0.4, -0.2) is 44.8 Å². The van der Waals surface area contributed by atoms with Gasteiger partial charge in [0.15, 0.2) is 0 Å². The van der Waals surface area contributed by atoms with Crippen LogP contribution in [0, 0.1) is 0 Å². The first-order valence-electron chi connectivity index (χ1n) is 11.2. The van der Waals surface area contributed by atoms with E-state index in [1.165, 1.54) is 4.68 Å². The van der Waals surface area contributed by atoms with Crippen LogP contribution in [-0.2, 0) is 11.3 Å². The smallest absolute Gasteiger partial charge is 0.287 e. The predicted molar refractivity (Wildman–Crippen MR) is 138 cm³/mol. The standard InChI is InChI=1S/C26H24N8O3/c1-37-21-14-12-18(13-15-21)16-22(28-24(35)20-10-6-3-7-11-20)25(36)30-29-23(19-8-4-2-5-9-19)17-34-26(27)31-32-33-34/h2-16H,17H2,1H3,(H,28,35)(H,30,36)(H2,27,31,33)/b22-16+,29-23-. The maximum absolute atomic E-state index is 13.2. The molecule has 4 aromatic rings. The number of aromatic nitrogens is 4. The van der Waals surface area contributed by atoms with Crippen molar-refractivity contribution in [1.82, 2.24) is 30.9 Å². The van der Waals surface area contributed by atoms with Crippen LogP contribution in [0.3, 0.4) is 0 Å². The van der Waals surface area contributed by atoms with Gasteiger partial charge in [-0.15, -0.1) is 0 Å². The molecule has 0 saturated heterocycles. The Bertz CT molecular complexity index is 1420. The highest BCUT2D eigenvalue weighted by Crippen LogP contribution is 2.14. The number of tetrazole rings is 1. The number of nitrogens with zero attached hydrogens (tertiary/aromatic N) is 5. The van der Waals surface area contributed by atoms with Crippen molar-refractivity contribution in [3.05, 3.63) is 107 Å². The highest BCUT2D eigenvalue weighted by Gasteiger charge is 2.16. The maximum atomic E-state index is 13.2. The lowest BCUT2D eigenvalue weighted by Gasteiger charge is -2.11. The summed E-state index contributed by atoms with van der Waals surface area (Å²) in [5.41, 5.74) is 10.6. The number of ether oxygens (including phenoxy) is 1. The number of anilines is 1. The van der Waals surface area contributed by atoms with Crippen molar-refractivity contribution in [2.75, 3.05) is 12.8 Å². The van der Waals surface area contributed by atoms with Gasteiger partial charge < -0.3 is 15.8 Å². The summed E-state index contributed by atoms with van der Waals surface area (Å²) >= 11 is 0. The Morgan fingerprint density at radius 3 is 2.22 bits per heavy atom. The fourth-order valence-electron chi connectivity index (χ4n) is 3.28. The molecule has 37 heavy (non-hydrogen) atoms. The molecule has 2 amide bonds. The van der Waals surface area contributed by atoms with Crippen LogP contribution in [0.5, 0.6) is 5.75 Å². The number of hydrogen-bond acceptors (Lipinski definition) is 8. The number of carbonyl (C=O) groups is 2. The molecule has 1 heterocycles. The van der Waals surface area contributed by atoms with Gasteiger partial charge in [-0.25, -0.2) is 10.1 Å². The summed E-state index contributed by atoms with van der Waals surface area (Å²) < 4.78 is 6.54. The van der Waals surface area contributed by atoms with E-state index in [-0.39, 0.29) is 18.2 Å². The Morgan fingerprint density at radius 1 is 0.973 bits per heavy atom. The fourth-order valence-corrected chi connectivity index (χ4v) is 3.28. The van der Waals surface area contributed by atoms with Crippen molar-refractivity contribution >= 4 is 29.6 Å². The van der Waals surface area contributed by atoms with Gasteiger partial charge in [0.1, 0.15) is 11.4 Å². The van der Waals surface area contributed by atoms with Crippen molar-refractivity contribution in [3.8, 4) is 5.75 Å². The van der Waals surface area contributed by atoms with E-state index in [1.54, 1.807) is 67.8 Å². The van der Waals surface area contributed by atoms with E-state index in [2.05, 4.69) is 31.4 Å². The van der Waals surface area contributed by atoms with E-state index in [0.29, 0.717) is 22.6 Å². The van der Waals surface area contributed by atoms with Crippen molar-refractivity contribution in [1.29, 1.82) is 0 Å². The average molecular weight is 497 g/mol. The molecule has 4 rings (SSSR count). The van der Waals surface area contributed by atoms with E-state index in [9.17, 15) is 9.59 Å². The van der Waals surface area contributed by atoms with Gasteiger partial charge in [-0.1, -0.05) is 65.8 Å². The number of benzene rings is 3. The van der Waals surface area contributed by atoms with Gasteiger partial charge in [0, 0.05) is 5.56 Å². The summed E-state index contributed by atoms with van der Waals surface area (Å²) in [7, 11) is 1.56. The number of methoxy groups -OCH3 is 1. The van der Waals surface area contributed by atoms with Gasteiger partial charge in [0.25, 0.3) is 11.8 Å². The zero-order valence-corrected chi connectivity index (χ0v) is 19.9. The number of nitrogens with two attached hydrogens (primary N) is 1. The molecular weight excluding hydrogens is 472 g/mol. The summed E-state index contributed by atoms with van der Waals surface area (Å²) in [5.74, 6) is -0.303. The molecule has 0 aliphatic heterocycles. The van der Waals surface area contributed by atoms with Crippen LogP contribution in [0.1, 0.15) is 21.5 Å². The lowest BCUT2D eigenvalue weighted by Crippen LogP contribution is -2.33. The third kappa shape index (κ3) is 6.63. The maximum Gasteiger partial charge on any atom is 0.287 e. The summed E-state index contributed by atoms with van der Waals surface area (Å²) in [4.78, 5) is 26.1. The molecule has 0 spiro atoms. The zero-order chi connectivity index (χ0) is 26.0. The zero-order valence-electron chi connectivity index (χ0n) is 19.9. The van der Waals surface area contributed by atoms with Crippen molar-refractivity contribution in [2.24, 2.45) is 5.10 Å². The van der Waals surface area contributed by atoms with Gasteiger partial charge in [-0.05, 0) is 51.9 Å². The predicted octanol–water partition coefficient (Wildman–Crippen LogP) is 2.26. The SMILES string of the molecule is COc1ccc(/C=C(/NC(=O)c2ccccc2)C(=O)N/N=C(/Cn2nnnc2N)c2ccccc2)cc1. The molecule has 3 aromatic carbocycles. The minimum Gasteiger partial charge on any atom is -0.497 e. The van der Waals surface area contributed by atoms with E-state index >= 15 is 0 Å². The van der Waals surface area contributed by atoms with Crippen molar-refractivity contribution < 1.29 is 14.3 Å². The molecule has 0 atom stereocenters. The molecule has 1 aromatic heterocycles. The van der Waals surface area contributed by atoms with Crippen LogP contribution in [0.15, 0.2) is 95.7 Å². The number of carbonyl (C=O) groups excluding carboxylic acids is 2. The molecule has 0 bridgehead atoms. The number of hydrazone groups is 1. The van der Waals surface area contributed by atoms with E-state index in [4.69, 9.17) is 10.5 Å². The molecule has 0 saturated carbocycles. The lowest BCUT2D eigenvalue weighted by molar-refractivity contribution is -0.117. The molecule has 0 radical (unpaired) electrons. The first kappa shape index (κ1) is 24.8. The van der Waals surface area contributed by atoms with E-state index in [0.717, 1.165) is 5.56 Å². The number of nitrogen functional groups attached to an aromatic ring is 1. The minimum absolute atomic E-state index is 0.00267. The first-order valence-corrected chi connectivity index (χ1v) is 11.2. The van der Waals surface area contributed by atoms with Crippen molar-refractivity contribution in [3.63, 3.8) is 0 Å². The van der Waals surface area contributed by atoms with Crippen LogP contribution in [0.4, 0.5) is 5.95 Å². The van der Waals surface area contributed by atoms with Gasteiger partial charge >= 0.3 is 0 Å². The Morgan fingerprint density at radius 2 is 1.62 bits per heavy atom. The molecule has 0 fully saturated rings. The highest BCUT2D eigenvalue weighted by atomic mass is 16.5. The van der Waals surface area contributed by atoms with Crippen molar-refractivity contribution in [2.45, 2.75) is 6.54 Å². The molecule has 11 nitrogen and oxygen atoms in total. The normalized spacial score (nSPS) is 11.6. The number of rotatable bonds is 9. The Hall–Kier alpha value is -5.32. The molecule has 4 N–H and O–H groups in total. The third-order valence-electron chi connectivity index (χ3n) is 5.21. The Labute approximate surface area is 212 Å². The monoisotopic (exact) mass is 496 g/mol. The third-order valence-corrected chi connectivity index (χ3v) is 5.21. The van der Waals surface area contributed by atoms with Gasteiger partial charge in [0.05, 0.1) is 19.4 Å². The second kappa shape index (κ2) is 11.9. The lowest BCUT2D eigenvalue weighted by atomic mass is 10.1. The Balaban J connectivity index is 1.62. The molecule has 11 heteroatoms. The number of amides is 2. The molecular formula is C26H24N8O3. The summed E-state index contributed by atoms with van der Waals surface area (Å²) in [6, 6.07) is 24.8. The largest absolute Gasteiger partial charge is 0.497 e. The van der Waals surface area contributed by atoms with Crippen LogP contribution in [0.2, 0.25) is 0 Å². The summed E-state index contributed by atoms with van der Waals surface area (Å²) in [5, 5.41) is 18.1. The molecule has 186 valence electrons. The highest BCUT2D eigenvalue weighted by molar-refractivity contribution is 6.06. The summed E-state index contributed by atoms with van der Waals surface area (Å²) in [6.45, 7) is 0.108. The molecule has 0 aliphatic rings. The van der Waals surface area contributed by atoms with E-state index < -0.39 is 11.8 Å². The average Bonchev–Trinajstić information content (AvgIpc) is 3.35. The van der Waals surface area contributed by atoms with E-state index in [1.807, 2.05) is 30.3 Å². The minimum atomic E-state index is -0.627. The molecule has 0 unspecified atom stereocenters. The fraction of sp³-hybridized carbons (Fsp3) is 0.0769. The van der Waals surface area contributed by atoms with Crippen LogP contribution >= 0.6 is 0 Å². The Kier molecular flexibility index (Phi) is 7.97.